The van der Waals surface area contributed by atoms with Crippen LogP contribution in [0.25, 0.3) is 0 Å². The lowest BCUT2D eigenvalue weighted by atomic mass is 9.79. The van der Waals surface area contributed by atoms with Crippen molar-refractivity contribution in [2.45, 2.75) is 13.0 Å². The highest BCUT2D eigenvalue weighted by molar-refractivity contribution is 4.95. The van der Waals surface area contributed by atoms with Crippen LogP contribution in [0.1, 0.15) is 6.92 Å². The Morgan fingerprint density at radius 1 is 1.50 bits per heavy atom. The predicted octanol–water partition coefficient (Wildman–Crippen LogP) is -0.0735. The van der Waals surface area contributed by atoms with E-state index >= 15 is 0 Å². The highest BCUT2D eigenvalue weighted by atomic mass is 16.5. The number of nitrogens with one attached hydrogen (secondary N) is 1. The largest absolute Gasteiger partial charge is 0.380 e. The molecule has 1 unspecified atom stereocenters. The minimum atomic E-state index is 0.398. The highest BCUT2D eigenvalue weighted by Gasteiger charge is 2.42. The summed E-state index contributed by atoms with van der Waals surface area (Å²) < 4.78 is 5.27. The molecule has 2 rings (SSSR count). The van der Waals surface area contributed by atoms with Gasteiger partial charge in [0, 0.05) is 31.1 Å². The van der Waals surface area contributed by atoms with Crippen molar-refractivity contribution in [2.24, 2.45) is 5.41 Å². The van der Waals surface area contributed by atoms with Gasteiger partial charge in [0.2, 0.25) is 0 Å². The van der Waals surface area contributed by atoms with Crippen LogP contribution in [0.4, 0.5) is 0 Å². The number of hydrogen-bond donors (Lipinski definition) is 1. The second-order valence-corrected chi connectivity index (χ2v) is 4.42. The summed E-state index contributed by atoms with van der Waals surface area (Å²) in [4.78, 5) is 2.39. The maximum absolute atomic E-state index is 5.27. The lowest BCUT2D eigenvalue weighted by Gasteiger charge is -2.48. The van der Waals surface area contributed by atoms with Gasteiger partial charge < -0.3 is 15.0 Å². The van der Waals surface area contributed by atoms with Crippen LogP contribution >= 0.6 is 0 Å². The molecule has 0 aromatic heterocycles. The fourth-order valence-electron chi connectivity index (χ4n) is 1.99. The second-order valence-electron chi connectivity index (χ2n) is 4.42. The SMILES string of the molecule is CN1CCNC(C2(C)COC2)C1. The standard InChI is InChI=1S/C9H18N2O/c1-9(6-12-7-9)8-5-11(2)4-3-10-8/h8,10H,3-7H2,1-2H3. The molecule has 2 aliphatic rings. The Morgan fingerprint density at radius 3 is 2.75 bits per heavy atom. The molecule has 0 radical (unpaired) electrons. The summed E-state index contributed by atoms with van der Waals surface area (Å²) in [7, 11) is 2.19. The summed E-state index contributed by atoms with van der Waals surface area (Å²) in [5.41, 5.74) is 0.398. The summed E-state index contributed by atoms with van der Waals surface area (Å²) >= 11 is 0. The normalized spacial score (nSPS) is 36.0. The van der Waals surface area contributed by atoms with Gasteiger partial charge in [0.05, 0.1) is 13.2 Å². The minimum Gasteiger partial charge on any atom is -0.380 e. The summed E-state index contributed by atoms with van der Waals surface area (Å²) in [5.74, 6) is 0. The monoisotopic (exact) mass is 170 g/mol. The number of likely N-dealkylation sites (N-methyl/N-ethyl adjacent to an activating group) is 1. The molecular weight excluding hydrogens is 152 g/mol. The molecule has 12 heavy (non-hydrogen) atoms. The van der Waals surface area contributed by atoms with Gasteiger partial charge in [-0.2, -0.15) is 0 Å². The number of rotatable bonds is 1. The van der Waals surface area contributed by atoms with Crippen LogP contribution in [-0.4, -0.2) is 50.8 Å². The molecule has 3 heteroatoms. The first-order valence-electron chi connectivity index (χ1n) is 4.70. The first-order chi connectivity index (χ1) is 5.71. The molecule has 0 aromatic rings. The third-order valence-corrected chi connectivity index (χ3v) is 3.08. The van der Waals surface area contributed by atoms with Gasteiger partial charge >= 0.3 is 0 Å². The van der Waals surface area contributed by atoms with Gasteiger partial charge in [-0.25, -0.2) is 0 Å². The molecule has 3 nitrogen and oxygen atoms in total. The molecule has 0 saturated carbocycles. The van der Waals surface area contributed by atoms with E-state index in [1.165, 1.54) is 13.1 Å². The fraction of sp³-hybridized carbons (Fsp3) is 1.00. The zero-order valence-corrected chi connectivity index (χ0v) is 7.97. The van der Waals surface area contributed by atoms with E-state index in [1.807, 2.05) is 0 Å². The first-order valence-corrected chi connectivity index (χ1v) is 4.70. The van der Waals surface area contributed by atoms with E-state index in [4.69, 9.17) is 4.74 Å². The van der Waals surface area contributed by atoms with Crippen LogP contribution in [0.2, 0.25) is 0 Å². The molecular formula is C9H18N2O. The van der Waals surface area contributed by atoms with Crippen molar-refractivity contribution >= 4 is 0 Å². The number of piperazine rings is 1. The molecule has 0 bridgehead atoms. The summed E-state index contributed by atoms with van der Waals surface area (Å²) in [6, 6.07) is 0.630. The average Bonchev–Trinajstić information content (AvgIpc) is 2.00. The van der Waals surface area contributed by atoms with Gasteiger partial charge in [-0.15, -0.1) is 0 Å². The molecule has 2 heterocycles. The summed E-state index contributed by atoms with van der Waals surface area (Å²) in [6.07, 6.45) is 0. The lowest BCUT2D eigenvalue weighted by Crippen LogP contribution is -2.62. The van der Waals surface area contributed by atoms with Crippen LogP contribution in [0.15, 0.2) is 0 Å². The van der Waals surface area contributed by atoms with E-state index in [1.54, 1.807) is 0 Å². The van der Waals surface area contributed by atoms with Crippen molar-refractivity contribution in [1.29, 1.82) is 0 Å². The third-order valence-electron chi connectivity index (χ3n) is 3.08. The quantitative estimate of drug-likeness (QED) is 0.596. The topological polar surface area (TPSA) is 24.5 Å². The zero-order chi connectivity index (χ0) is 8.60. The Bertz CT molecular complexity index is 168. The fourth-order valence-corrected chi connectivity index (χ4v) is 1.99. The van der Waals surface area contributed by atoms with Crippen molar-refractivity contribution in [2.75, 3.05) is 39.9 Å². The van der Waals surface area contributed by atoms with Crippen molar-refractivity contribution in [3.63, 3.8) is 0 Å². The molecule has 0 aromatic carbocycles. The van der Waals surface area contributed by atoms with E-state index < -0.39 is 0 Å². The highest BCUT2D eigenvalue weighted by Crippen LogP contribution is 2.31. The molecule has 1 N–H and O–H groups in total. The van der Waals surface area contributed by atoms with E-state index in [2.05, 4.69) is 24.2 Å². The van der Waals surface area contributed by atoms with Crippen LogP contribution in [0.5, 0.6) is 0 Å². The van der Waals surface area contributed by atoms with Crippen molar-refractivity contribution in [3.05, 3.63) is 0 Å². The Kier molecular flexibility index (Phi) is 2.10. The predicted molar refractivity (Wildman–Crippen MR) is 48.2 cm³/mol. The van der Waals surface area contributed by atoms with Crippen LogP contribution in [0.3, 0.4) is 0 Å². The van der Waals surface area contributed by atoms with Gasteiger partial charge in [-0.1, -0.05) is 6.92 Å². The molecule has 70 valence electrons. The molecule has 0 amide bonds. The molecule has 2 saturated heterocycles. The maximum Gasteiger partial charge on any atom is 0.0557 e. The van der Waals surface area contributed by atoms with E-state index in [0.29, 0.717) is 11.5 Å². The van der Waals surface area contributed by atoms with E-state index in [0.717, 1.165) is 19.8 Å². The maximum atomic E-state index is 5.27. The minimum absolute atomic E-state index is 0.398. The number of hydrogen-bond acceptors (Lipinski definition) is 3. The molecule has 1 atom stereocenters. The molecule has 0 aliphatic carbocycles. The van der Waals surface area contributed by atoms with Crippen molar-refractivity contribution in [3.8, 4) is 0 Å². The first kappa shape index (κ1) is 8.48. The summed E-state index contributed by atoms with van der Waals surface area (Å²) in [5, 5.41) is 3.57. The lowest BCUT2D eigenvalue weighted by molar-refractivity contribution is -0.127. The Hall–Kier alpha value is -0.120. The number of nitrogens with zero attached hydrogens (tertiary/aromatic N) is 1. The van der Waals surface area contributed by atoms with Gasteiger partial charge in [0.25, 0.3) is 0 Å². The summed E-state index contributed by atoms with van der Waals surface area (Å²) in [6.45, 7) is 7.63. The van der Waals surface area contributed by atoms with Gasteiger partial charge in [-0.3, -0.25) is 0 Å². The van der Waals surface area contributed by atoms with Gasteiger partial charge in [0.15, 0.2) is 0 Å². The Balaban J connectivity index is 1.94. The van der Waals surface area contributed by atoms with Gasteiger partial charge in [-0.05, 0) is 7.05 Å². The average molecular weight is 170 g/mol. The Morgan fingerprint density at radius 2 is 2.25 bits per heavy atom. The Labute approximate surface area is 74.1 Å². The van der Waals surface area contributed by atoms with Crippen molar-refractivity contribution < 1.29 is 4.74 Å². The smallest absolute Gasteiger partial charge is 0.0557 e. The van der Waals surface area contributed by atoms with Crippen LogP contribution in [-0.2, 0) is 4.74 Å². The molecule has 0 spiro atoms. The van der Waals surface area contributed by atoms with Crippen LogP contribution < -0.4 is 5.32 Å². The third kappa shape index (κ3) is 1.37. The zero-order valence-electron chi connectivity index (χ0n) is 7.97. The van der Waals surface area contributed by atoms with Gasteiger partial charge in [0.1, 0.15) is 0 Å². The van der Waals surface area contributed by atoms with E-state index in [-0.39, 0.29) is 0 Å². The molecule has 2 fully saturated rings. The van der Waals surface area contributed by atoms with E-state index in [9.17, 15) is 0 Å². The number of ether oxygens (including phenoxy) is 1. The molecule has 2 aliphatic heterocycles. The van der Waals surface area contributed by atoms with Crippen LogP contribution in [0, 0.1) is 5.41 Å². The second kappa shape index (κ2) is 2.98. The van der Waals surface area contributed by atoms with Crippen molar-refractivity contribution in [1.82, 2.24) is 10.2 Å².